The van der Waals surface area contributed by atoms with Gasteiger partial charge in [-0.25, -0.2) is 0 Å². The summed E-state index contributed by atoms with van der Waals surface area (Å²) in [5, 5.41) is 9.29. The fraction of sp³-hybridized carbons (Fsp3) is 0.286. The molecule has 3 N–H and O–H groups in total. The first-order valence-electron chi connectivity index (χ1n) is 6.10. The molecule has 0 spiro atoms. The molecule has 0 saturated heterocycles. The molecule has 0 aliphatic heterocycles. The van der Waals surface area contributed by atoms with Crippen molar-refractivity contribution in [3.63, 3.8) is 0 Å². The number of amides is 1. The minimum Gasteiger partial charge on any atom is -0.359 e. The molecule has 1 aromatic rings. The molecule has 0 fully saturated rings. The third-order valence-corrected chi connectivity index (χ3v) is 2.49. The second kappa shape index (κ2) is 7.53. The van der Waals surface area contributed by atoms with Gasteiger partial charge in [-0.3, -0.25) is 4.79 Å². The lowest BCUT2D eigenvalue weighted by molar-refractivity contribution is 0.0944. The first-order valence-corrected chi connectivity index (χ1v) is 6.51. The Morgan fingerprint density at radius 1 is 1.42 bits per heavy atom. The number of nitrogens with one attached hydrogen (secondary N) is 3. The Morgan fingerprint density at radius 3 is 2.74 bits per heavy atom. The molecular formula is C14H19N3OS. The van der Waals surface area contributed by atoms with Crippen LogP contribution in [0.2, 0.25) is 0 Å². The Kier molecular flexibility index (Phi) is 6.02. The first kappa shape index (κ1) is 15.2. The summed E-state index contributed by atoms with van der Waals surface area (Å²) in [7, 11) is 0. The number of thiocarbonyl (C=S) groups is 1. The summed E-state index contributed by atoms with van der Waals surface area (Å²) in [6, 6.07) is 7.34. The van der Waals surface area contributed by atoms with Crippen molar-refractivity contribution in [3.05, 3.63) is 42.5 Å². The van der Waals surface area contributed by atoms with Crippen LogP contribution in [-0.2, 0) is 0 Å². The molecule has 0 bridgehead atoms. The highest BCUT2D eigenvalue weighted by Gasteiger charge is 2.12. The van der Waals surface area contributed by atoms with Crippen LogP contribution in [-0.4, -0.2) is 23.6 Å². The zero-order chi connectivity index (χ0) is 14.3. The molecule has 0 saturated carbocycles. The van der Waals surface area contributed by atoms with E-state index in [1.54, 1.807) is 12.1 Å². The van der Waals surface area contributed by atoms with Crippen LogP contribution >= 0.6 is 12.2 Å². The highest BCUT2D eigenvalue weighted by atomic mass is 32.1. The van der Waals surface area contributed by atoms with Crippen LogP contribution in [0.15, 0.2) is 36.9 Å². The number of carbonyl (C=O) groups excluding carboxylic acids is 1. The van der Waals surface area contributed by atoms with Crippen LogP contribution in [0.3, 0.4) is 0 Å². The Bertz CT molecular complexity index is 472. The van der Waals surface area contributed by atoms with Crippen molar-refractivity contribution in [2.75, 3.05) is 11.9 Å². The summed E-state index contributed by atoms with van der Waals surface area (Å²) < 4.78 is 0. The Morgan fingerprint density at radius 2 is 2.11 bits per heavy atom. The normalized spacial score (nSPS) is 9.84. The number of hydrogen-bond donors (Lipinski definition) is 3. The number of carbonyl (C=O) groups is 1. The van der Waals surface area contributed by atoms with E-state index >= 15 is 0 Å². The molecule has 19 heavy (non-hydrogen) atoms. The van der Waals surface area contributed by atoms with Crippen LogP contribution in [0.25, 0.3) is 0 Å². The maximum absolute atomic E-state index is 12.0. The average Bonchev–Trinajstić information content (AvgIpc) is 2.36. The molecule has 0 unspecified atom stereocenters. The van der Waals surface area contributed by atoms with Gasteiger partial charge < -0.3 is 16.0 Å². The Balaban J connectivity index is 2.80. The number of anilines is 1. The maximum Gasteiger partial charge on any atom is 0.253 e. The molecule has 0 heterocycles. The molecule has 0 radical (unpaired) electrons. The third-order valence-electron chi connectivity index (χ3n) is 2.25. The first-order chi connectivity index (χ1) is 9.04. The average molecular weight is 277 g/mol. The molecule has 0 aliphatic carbocycles. The van der Waals surface area contributed by atoms with E-state index in [1.165, 1.54) is 0 Å². The van der Waals surface area contributed by atoms with Gasteiger partial charge in [-0.05, 0) is 38.2 Å². The van der Waals surface area contributed by atoms with Crippen molar-refractivity contribution in [2.45, 2.75) is 19.9 Å². The van der Waals surface area contributed by atoms with Crippen molar-refractivity contribution in [3.8, 4) is 0 Å². The molecule has 1 aromatic carbocycles. The highest BCUT2D eigenvalue weighted by Crippen LogP contribution is 2.15. The van der Waals surface area contributed by atoms with Gasteiger partial charge >= 0.3 is 0 Å². The Hall–Kier alpha value is -1.88. The van der Waals surface area contributed by atoms with Crippen LogP contribution in [0.1, 0.15) is 24.2 Å². The van der Waals surface area contributed by atoms with Crippen molar-refractivity contribution in [1.29, 1.82) is 0 Å². The van der Waals surface area contributed by atoms with Crippen molar-refractivity contribution in [2.24, 2.45) is 0 Å². The van der Waals surface area contributed by atoms with Gasteiger partial charge in [-0.1, -0.05) is 18.2 Å². The van der Waals surface area contributed by atoms with Gasteiger partial charge in [0.2, 0.25) is 0 Å². The minimum absolute atomic E-state index is 0.0893. The van der Waals surface area contributed by atoms with E-state index in [1.807, 2.05) is 32.0 Å². The second-order valence-electron chi connectivity index (χ2n) is 4.30. The van der Waals surface area contributed by atoms with Crippen molar-refractivity contribution < 1.29 is 4.79 Å². The van der Waals surface area contributed by atoms with E-state index in [2.05, 4.69) is 22.5 Å². The van der Waals surface area contributed by atoms with Crippen molar-refractivity contribution in [1.82, 2.24) is 10.6 Å². The van der Waals surface area contributed by atoms with Gasteiger partial charge in [0, 0.05) is 12.6 Å². The summed E-state index contributed by atoms with van der Waals surface area (Å²) in [5.74, 6) is -0.121. The third kappa shape index (κ3) is 5.09. The van der Waals surface area contributed by atoms with Gasteiger partial charge in [0.15, 0.2) is 5.11 Å². The largest absolute Gasteiger partial charge is 0.359 e. The maximum atomic E-state index is 12.0. The number of hydrogen-bond acceptors (Lipinski definition) is 2. The van der Waals surface area contributed by atoms with E-state index in [-0.39, 0.29) is 11.9 Å². The van der Waals surface area contributed by atoms with Gasteiger partial charge in [0.1, 0.15) is 0 Å². The van der Waals surface area contributed by atoms with Crippen LogP contribution in [0.4, 0.5) is 5.69 Å². The summed E-state index contributed by atoms with van der Waals surface area (Å²) in [6.07, 6.45) is 1.71. The SMILES string of the molecule is C=CCNC(=S)Nc1ccccc1C(=O)NC(C)C. The lowest BCUT2D eigenvalue weighted by Gasteiger charge is -2.14. The van der Waals surface area contributed by atoms with Crippen LogP contribution in [0.5, 0.6) is 0 Å². The molecule has 4 nitrogen and oxygen atoms in total. The second-order valence-corrected chi connectivity index (χ2v) is 4.71. The predicted molar refractivity (Wildman–Crippen MR) is 83.5 cm³/mol. The Labute approximate surface area is 119 Å². The van der Waals surface area contributed by atoms with Gasteiger partial charge in [0.25, 0.3) is 5.91 Å². The highest BCUT2D eigenvalue weighted by molar-refractivity contribution is 7.80. The molecule has 0 aromatic heterocycles. The van der Waals surface area contributed by atoms with Gasteiger partial charge in [0.05, 0.1) is 11.3 Å². The molecular weight excluding hydrogens is 258 g/mol. The minimum atomic E-state index is -0.121. The molecule has 0 aliphatic rings. The fourth-order valence-electron chi connectivity index (χ4n) is 1.46. The summed E-state index contributed by atoms with van der Waals surface area (Å²) in [6.45, 7) is 8.02. The summed E-state index contributed by atoms with van der Waals surface area (Å²) >= 11 is 5.13. The van der Waals surface area contributed by atoms with Crippen LogP contribution in [0, 0.1) is 0 Å². The van der Waals surface area contributed by atoms with Gasteiger partial charge in [-0.2, -0.15) is 0 Å². The van der Waals surface area contributed by atoms with E-state index < -0.39 is 0 Å². The van der Waals surface area contributed by atoms with E-state index in [0.717, 1.165) is 0 Å². The van der Waals surface area contributed by atoms with Crippen molar-refractivity contribution >= 4 is 28.9 Å². The molecule has 5 heteroatoms. The number of benzene rings is 1. The lowest BCUT2D eigenvalue weighted by Crippen LogP contribution is -2.32. The van der Waals surface area contributed by atoms with Crippen LogP contribution < -0.4 is 16.0 Å². The number of rotatable bonds is 5. The predicted octanol–water partition coefficient (Wildman–Crippen LogP) is 2.30. The summed E-state index contributed by atoms with van der Waals surface area (Å²) in [4.78, 5) is 12.0. The van der Waals surface area contributed by atoms with E-state index in [9.17, 15) is 4.79 Å². The molecule has 1 amide bonds. The molecule has 0 atom stereocenters. The zero-order valence-electron chi connectivity index (χ0n) is 11.2. The van der Waals surface area contributed by atoms with E-state index in [0.29, 0.717) is 22.9 Å². The summed E-state index contributed by atoms with van der Waals surface area (Å²) in [5.41, 5.74) is 1.25. The van der Waals surface area contributed by atoms with E-state index in [4.69, 9.17) is 12.2 Å². The molecule has 102 valence electrons. The quantitative estimate of drug-likeness (QED) is 0.571. The zero-order valence-corrected chi connectivity index (χ0v) is 12.0. The fourth-order valence-corrected chi connectivity index (χ4v) is 1.65. The molecule has 1 rings (SSSR count). The lowest BCUT2D eigenvalue weighted by atomic mass is 10.1. The standard InChI is InChI=1S/C14H19N3OS/c1-4-9-15-14(19)17-12-8-6-5-7-11(12)13(18)16-10(2)3/h4-8,10H,1,9H2,2-3H3,(H,16,18)(H2,15,17,19). The topological polar surface area (TPSA) is 53.2 Å². The number of para-hydroxylation sites is 1. The van der Waals surface area contributed by atoms with Gasteiger partial charge in [-0.15, -0.1) is 6.58 Å². The smallest absolute Gasteiger partial charge is 0.253 e. The monoisotopic (exact) mass is 277 g/mol.